The van der Waals surface area contributed by atoms with Gasteiger partial charge in [0.15, 0.2) is 23.0 Å². The first-order valence-corrected chi connectivity index (χ1v) is 10.6. The van der Waals surface area contributed by atoms with Crippen LogP contribution in [0.3, 0.4) is 0 Å². The second kappa shape index (κ2) is 10.4. The van der Waals surface area contributed by atoms with E-state index in [1.54, 1.807) is 48.8 Å². The molecule has 2 N–H and O–H groups in total. The van der Waals surface area contributed by atoms with Gasteiger partial charge in [-0.1, -0.05) is 24.3 Å². The third-order valence-corrected chi connectivity index (χ3v) is 5.20. The Kier molecular flexibility index (Phi) is 6.89. The zero-order valence-electron chi connectivity index (χ0n) is 18.8. The number of rotatable bonds is 7. The van der Waals surface area contributed by atoms with E-state index in [9.17, 15) is 10.2 Å². The summed E-state index contributed by atoms with van der Waals surface area (Å²) < 4.78 is 10.3. The number of phenols is 2. The molecule has 4 aromatic rings. The van der Waals surface area contributed by atoms with E-state index in [0.717, 1.165) is 33.6 Å². The Balaban J connectivity index is 1.43. The fraction of sp³-hybridized carbons (Fsp3) is 0.0714. The summed E-state index contributed by atoms with van der Waals surface area (Å²) in [5, 5.41) is 19.4. The van der Waals surface area contributed by atoms with E-state index >= 15 is 0 Å². The van der Waals surface area contributed by atoms with Crippen molar-refractivity contribution in [3.8, 4) is 34.1 Å². The molecule has 170 valence electrons. The monoisotopic (exact) mass is 452 g/mol. The number of phenolic OH excluding ortho intramolecular Hbond substituents is 2. The molecule has 0 spiro atoms. The maximum absolute atomic E-state index is 9.70. The van der Waals surface area contributed by atoms with Gasteiger partial charge in [0.2, 0.25) is 0 Å². The molecule has 0 saturated carbocycles. The molecule has 4 aromatic carbocycles. The van der Waals surface area contributed by atoms with Gasteiger partial charge in [-0.2, -0.15) is 0 Å². The highest BCUT2D eigenvalue weighted by atomic mass is 16.5. The highest BCUT2D eigenvalue weighted by molar-refractivity contribution is 5.84. The van der Waals surface area contributed by atoms with Crippen LogP contribution < -0.4 is 9.47 Å². The van der Waals surface area contributed by atoms with Gasteiger partial charge in [-0.05, 0) is 82.9 Å². The molecular formula is C28H24N2O4. The highest BCUT2D eigenvalue weighted by Gasteiger charge is 2.03. The maximum atomic E-state index is 9.70. The normalized spacial score (nSPS) is 11.2. The van der Waals surface area contributed by atoms with E-state index in [1.807, 2.05) is 48.5 Å². The van der Waals surface area contributed by atoms with E-state index in [0.29, 0.717) is 11.5 Å². The Morgan fingerprint density at radius 1 is 0.559 bits per heavy atom. The molecule has 0 heterocycles. The highest BCUT2D eigenvalue weighted by Crippen LogP contribution is 2.28. The molecule has 34 heavy (non-hydrogen) atoms. The van der Waals surface area contributed by atoms with Crippen molar-refractivity contribution in [1.29, 1.82) is 0 Å². The summed E-state index contributed by atoms with van der Waals surface area (Å²) in [5.74, 6) is 1.02. The van der Waals surface area contributed by atoms with Gasteiger partial charge in [-0.15, -0.1) is 0 Å². The van der Waals surface area contributed by atoms with Crippen LogP contribution in [-0.4, -0.2) is 36.9 Å². The molecular weight excluding hydrogens is 428 g/mol. The zero-order chi connectivity index (χ0) is 23.9. The fourth-order valence-electron chi connectivity index (χ4n) is 3.33. The number of methoxy groups -OCH3 is 2. The largest absolute Gasteiger partial charge is 0.504 e. The summed E-state index contributed by atoms with van der Waals surface area (Å²) in [6, 6.07) is 26.1. The molecule has 0 aliphatic heterocycles. The topological polar surface area (TPSA) is 83.6 Å². The van der Waals surface area contributed by atoms with Crippen LogP contribution in [0.1, 0.15) is 11.1 Å². The molecule has 0 fully saturated rings. The van der Waals surface area contributed by atoms with Crippen LogP contribution in [0.5, 0.6) is 23.0 Å². The molecule has 0 radical (unpaired) electrons. The number of benzene rings is 4. The molecule has 0 saturated heterocycles. The van der Waals surface area contributed by atoms with Crippen LogP contribution in [0.25, 0.3) is 11.1 Å². The number of hydrogen-bond acceptors (Lipinski definition) is 6. The van der Waals surface area contributed by atoms with Gasteiger partial charge < -0.3 is 19.7 Å². The van der Waals surface area contributed by atoms with Gasteiger partial charge in [0.05, 0.1) is 25.6 Å². The van der Waals surface area contributed by atoms with Crippen molar-refractivity contribution in [1.82, 2.24) is 0 Å². The lowest BCUT2D eigenvalue weighted by molar-refractivity contribution is 0.373. The van der Waals surface area contributed by atoms with Crippen LogP contribution in [-0.2, 0) is 0 Å². The summed E-state index contributed by atoms with van der Waals surface area (Å²) in [6.45, 7) is 0. The smallest absolute Gasteiger partial charge is 0.161 e. The van der Waals surface area contributed by atoms with E-state index in [4.69, 9.17) is 9.47 Å². The van der Waals surface area contributed by atoms with Gasteiger partial charge in [0, 0.05) is 12.4 Å². The number of hydrogen-bond donors (Lipinski definition) is 2. The van der Waals surface area contributed by atoms with E-state index in [1.165, 1.54) is 14.2 Å². The third-order valence-electron chi connectivity index (χ3n) is 5.20. The van der Waals surface area contributed by atoms with Crippen LogP contribution in [0, 0.1) is 0 Å². The number of nitrogens with zero attached hydrogens (tertiary/aromatic N) is 2. The van der Waals surface area contributed by atoms with Crippen molar-refractivity contribution in [2.75, 3.05) is 14.2 Å². The molecule has 0 aliphatic carbocycles. The van der Waals surface area contributed by atoms with E-state index < -0.39 is 0 Å². The van der Waals surface area contributed by atoms with Crippen molar-refractivity contribution in [3.05, 3.63) is 96.1 Å². The molecule has 4 rings (SSSR count). The third kappa shape index (κ3) is 5.42. The van der Waals surface area contributed by atoms with Gasteiger partial charge in [0.25, 0.3) is 0 Å². The first-order valence-electron chi connectivity index (χ1n) is 10.6. The maximum Gasteiger partial charge on any atom is 0.161 e. The summed E-state index contributed by atoms with van der Waals surface area (Å²) >= 11 is 0. The van der Waals surface area contributed by atoms with Crippen LogP contribution in [0.15, 0.2) is 94.9 Å². The predicted molar refractivity (Wildman–Crippen MR) is 136 cm³/mol. The van der Waals surface area contributed by atoms with Crippen molar-refractivity contribution >= 4 is 23.8 Å². The predicted octanol–water partition coefficient (Wildman–Crippen LogP) is 6.28. The standard InChI is InChI=1S/C28H24N2O4/c1-33-27-15-19(3-13-25(27)31)17-29-23-9-5-21(6-10-23)22-7-11-24(12-8-22)30-18-20-4-14-26(32)28(16-20)34-2/h3-18,31-32H,1-2H3. The molecule has 0 atom stereocenters. The number of aromatic hydroxyl groups is 2. The molecule has 0 aromatic heterocycles. The van der Waals surface area contributed by atoms with Gasteiger partial charge in [0.1, 0.15) is 0 Å². The summed E-state index contributed by atoms with van der Waals surface area (Å²) in [4.78, 5) is 8.99. The molecule has 0 bridgehead atoms. The lowest BCUT2D eigenvalue weighted by Crippen LogP contribution is -1.87. The SMILES string of the molecule is COc1cc(C=Nc2ccc(-c3ccc(N=Cc4ccc(O)c(OC)c4)cc3)cc2)ccc1O. The van der Waals surface area contributed by atoms with Gasteiger partial charge >= 0.3 is 0 Å². The minimum Gasteiger partial charge on any atom is -0.504 e. The number of aliphatic imine (C=N–C) groups is 2. The fourth-order valence-corrected chi connectivity index (χ4v) is 3.33. The second-order valence-corrected chi connectivity index (χ2v) is 7.47. The van der Waals surface area contributed by atoms with Crippen molar-refractivity contribution in [2.45, 2.75) is 0 Å². The molecule has 0 aliphatic rings. The Labute approximate surface area is 198 Å². The summed E-state index contributed by atoms with van der Waals surface area (Å²) in [6.07, 6.45) is 3.46. The lowest BCUT2D eigenvalue weighted by atomic mass is 10.1. The first-order chi connectivity index (χ1) is 16.6. The molecule has 0 amide bonds. The molecule has 6 nitrogen and oxygen atoms in total. The van der Waals surface area contributed by atoms with Crippen molar-refractivity contribution < 1.29 is 19.7 Å². The zero-order valence-corrected chi connectivity index (χ0v) is 18.8. The summed E-state index contributed by atoms with van der Waals surface area (Å²) in [7, 11) is 3.03. The molecule has 0 unspecified atom stereocenters. The average Bonchev–Trinajstić information content (AvgIpc) is 2.88. The molecule has 6 heteroatoms. The van der Waals surface area contributed by atoms with Crippen LogP contribution in [0.4, 0.5) is 11.4 Å². The minimum atomic E-state index is 0.0984. The Bertz CT molecular complexity index is 1220. The quantitative estimate of drug-likeness (QED) is 0.323. The summed E-state index contributed by atoms with van der Waals surface area (Å²) in [5.41, 5.74) is 5.46. The van der Waals surface area contributed by atoms with Crippen molar-refractivity contribution in [2.24, 2.45) is 9.98 Å². The minimum absolute atomic E-state index is 0.0984. The van der Waals surface area contributed by atoms with E-state index in [-0.39, 0.29) is 11.5 Å². The number of ether oxygens (including phenoxy) is 2. The Hall–Kier alpha value is -4.58. The lowest BCUT2D eigenvalue weighted by Gasteiger charge is -2.05. The van der Waals surface area contributed by atoms with Gasteiger partial charge in [-0.25, -0.2) is 0 Å². The Morgan fingerprint density at radius 3 is 1.29 bits per heavy atom. The van der Waals surface area contributed by atoms with Gasteiger partial charge in [-0.3, -0.25) is 9.98 Å². The van der Waals surface area contributed by atoms with Crippen molar-refractivity contribution in [3.63, 3.8) is 0 Å². The average molecular weight is 453 g/mol. The Morgan fingerprint density at radius 2 is 0.941 bits per heavy atom. The van der Waals surface area contributed by atoms with E-state index in [2.05, 4.69) is 9.98 Å². The van der Waals surface area contributed by atoms with Crippen LogP contribution >= 0.6 is 0 Å². The first kappa shape index (κ1) is 22.6. The second-order valence-electron chi connectivity index (χ2n) is 7.47. The van der Waals surface area contributed by atoms with Crippen LogP contribution in [0.2, 0.25) is 0 Å².